The molecule has 2 heterocycles. The van der Waals surface area contributed by atoms with Crippen molar-refractivity contribution in [3.8, 4) is 11.5 Å². The topological polar surface area (TPSA) is 94.2 Å². The lowest BCUT2D eigenvalue weighted by molar-refractivity contribution is -0.162. The number of fused-ring (bicyclic) bond motifs is 1. The molecular formula is C25H30N2O6S. The summed E-state index contributed by atoms with van der Waals surface area (Å²) in [6.07, 6.45) is 10.5. The number of ether oxygens (including phenoxy) is 3. The lowest BCUT2D eigenvalue weighted by Gasteiger charge is -2.43. The second-order valence-electron chi connectivity index (χ2n) is 8.25. The first kappa shape index (κ1) is 25.4. The lowest BCUT2D eigenvalue weighted by atomic mass is 9.96. The van der Waals surface area contributed by atoms with E-state index in [4.69, 9.17) is 14.2 Å². The van der Waals surface area contributed by atoms with E-state index in [1.807, 2.05) is 51.1 Å². The summed E-state index contributed by atoms with van der Waals surface area (Å²) < 4.78 is 15.6. The molecule has 0 aromatic heterocycles. The molecule has 2 aliphatic rings. The molecule has 2 saturated heterocycles. The van der Waals surface area contributed by atoms with Crippen LogP contribution in [-0.4, -0.2) is 65.7 Å². The van der Waals surface area contributed by atoms with Crippen LogP contribution in [-0.2, 0) is 19.1 Å². The summed E-state index contributed by atoms with van der Waals surface area (Å²) in [7, 11) is 2.86. The normalized spacial score (nSPS) is 23.3. The van der Waals surface area contributed by atoms with Crippen LogP contribution < -0.4 is 14.8 Å². The molecule has 9 heteroatoms. The molecule has 3 atom stereocenters. The number of carbonyl (C=O) groups is 3. The van der Waals surface area contributed by atoms with E-state index in [1.165, 1.54) is 29.8 Å². The Morgan fingerprint density at radius 1 is 1.24 bits per heavy atom. The Morgan fingerprint density at radius 2 is 2.00 bits per heavy atom. The number of amides is 2. The number of nitrogens with zero attached hydrogens (tertiary/aromatic N) is 1. The number of thioether (sulfide) groups is 1. The second kappa shape index (κ2) is 10.8. The molecule has 0 bridgehead atoms. The molecule has 0 radical (unpaired) electrons. The Bertz CT molecular complexity index is 1030. The SMILES string of the molecule is C/C=C/C=C\COc1c(/C=C/C(=O)N[C@@H]2C(=O)N3[C@@H]2SC(C)(C)[C@@H]3C(=O)OC)cccc1OC. The quantitative estimate of drug-likeness (QED) is 0.248. The summed E-state index contributed by atoms with van der Waals surface area (Å²) in [5.41, 5.74) is 0.664. The molecule has 182 valence electrons. The van der Waals surface area contributed by atoms with Gasteiger partial charge in [0.1, 0.15) is 24.1 Å². The number of nitrogens with one attached hydrogen (secondary N) is 1. The van der Waals surface area contributed by atoms with Crippen molar-refractivity contribution in [1.82, 2.24) is 10.2 Å². The number of β-lactam (4-membered cyclic amide) rings is 1. The van der Waals surface area contributed by atoms with Crippen molar-refractivity contribution >= 4 is 35.6 Å². The first-order valence-electron chi connectivity index (χ1n) is 10.9. The third-order valence-corrected chi connectivity index (χ3v) is 7.14. The van der Waals surface area contributed by atoms with Gasteiger partial charge in [0.2, 0.25) is 11.8 Å². The molecule has 0 spiro atoms. The van der Waals surface area contributed by atoms with E-state index in [0.29, 0.717) is 23.7 Å². The van der Waals surface area contributed by atoms with Crippen LogP contribution in [0.15, 0.2) is 48.6 Å². The molecule has 3 rings (SSSR count). The van der Waals surface area contributed by atoms with Crippen molar-refractivity contribution in [2.24, 2.45) is 0 Å². The number of allylic oxidation sites excluding steroid dienone is 3. The molecule has 2 aliphatic heterocycles. The van der Waals surface area contributed by atoms with Gasteiger partial charge < -0.3 is 24.4 Å². The van der Waals surface area contributed by atoms with E-state index in [9.17, 15) is 14.4 Å². The van der Waals surface area contributed by atoms with Crippen molar-refractivity contribution in [2.45, 2.75) is 43.0 Å². The zero-order valence-electron chi connectivity index (χ0n) is 19.9. The summed E-state index contributed by atoms with van der Waals surface area (Å²) in [6, 6.07) is 4.01. The third kappa shape index (κ3) is 5.14. The van der Waals surface area contributed by atoms with Gasteiger partial charge in [-0.2, -0.15) is 0 Å². The van der Waals surface area contributed by atoms with Gasteiger partial charge in [-0.3, -0.25) is 9.59 Å². The highest BCUT2D eigenvalue weighted by Crippen LogP contribution is 2.51. The molecule has 8 nitrogen and oxygen atoms in total. The van der Waals surface area contributed by atoms with E-state index >= 15 is 0 Å². The van der Waals surface area contributed by atoms with Gasteiger partial charge >= 0.3 is 5.97 Å². The van der Waals surface area contributed by atoms with Gasteiger partial charge in [0, 0.05) is 16.4 Å². The average molecular weight is 487 g/mol. The minimum absolute atomic E-state index is 0.293. The molecule has 1 N–H and O–H groups in total. The van der Waals surface area contributed by atoms with E-state index in [-0.39, 0.29) is 11.3 Å². The number of esters is 1. The van der Waals surface area contributed by atoms with E-state index < -0.39 is 28.7 Å². The molecule has 1 aromatic rings. The third-order valence-electron chi connectivity index (χ3n) is 5.57. The van der Waals surface area contributed by atoms with E-state index in [1.54, 1.807) is 25.3 Å². The molecule has 1 aromatic carbocycles. The van der Waals surface area contributed by atoms with Gasteiger partial charge in [0.05, 0.1) is 14.2 Å². The zero-order valence-corrected chi connectivity index (χ0v) is 20.8. The van der Waals surface area contributed by atoms with E-state index in [0.717, 1.165) is 0 Å². The van der Waals surface area contributed by atoms with Crippen LogP contribution in [0.25, 0.3) is 6.08 Å². The number of hydrogen-bond donors (Lipinski definition) is 1. The number of para-hydroxylation sites is 1. The summed E-state index contributed by atoms with van der Waals surface area (Å²) in [6.45, 7) is 6.04. The predicted molar refractivity (Wildman–Crippen MR) is 132 cm³/mol. The average Bonchev–Trinajstić information content (AvgIpc) is 3.08. The largest absolute Gasteiger partial charge is 0.493 e. The van der Waals surface area contributed by atoms with Crippen LogP contribution >= 0.6 is 11.8 Å². The van der Waals surface area contributed by atoms with E-state index in [2.05, 4.69) is 5.32 Å². The van der Waals surface area contributed by atoms with Crippen molar-refractivity contribution in [1.29, 1.82) is 0 Å². The highest BCUT2D eigenvalue weighted by Gasteiger charge is 2.64. The predicted octanol–water partition coefficient (Wildman–Crippen LogP) is 2.94. The van der Waals surface area contributed by atoms with Gasteiger partial charge in [-0.25, -0.2) is 4.79 Å². The Hall–Kier alpha value is -3.20. The fourth-order valence-corrected chi connectivity index (χ4v) is 5.58. The number of benzene rings is 1. The number of rotatable bonds is 9. The van der Waals surface area contributed by atoms with Crippen molar-refractivity contribution in [3.05, 3.63) is 54.1 Å². The van der Waals surface area contributed by atoms with Crippen LogP contribution in [0.4, 0.5) is 0 Å². The van der Waals surface area contributed by atoms with Gasteiger partial charge in [0.25, 0.3) is 0 Å². The number of hydrogen-bond acceptors (Lipinski definition) is 7. The summed E-state index contributed by atoms with van der Waals surface area (Å²) in [5, 5.41) is 2.44. The molecule has 0 saturated carbocycles. The maximum absolute atomic E-state index is 12.7. The molecule has 34 heavy (non-hydrogen) atoms. The van der Waals surface area contributed by atoms with Crippen LogP contribution in [0.2, 0.25) is 0 Å². The number of carbonyl (C=O) groups excluding carboxylic acids is 3. The maximum Gasteiger partial charge on any atom is 0.330 e. The highest BCUT2D eigenvalue weighted by atomic mass is 32.2. The molecule has 0 aliphatic carbocycles. The molecule has 2 fully saturated rings. The van der Waals surface area contributed by atoms with Crippen LogP contribution in [0.3, 0.4) is 0 Å². The smallest absolute Gasteiger partial charge is 0.330 e. The van der Waals surface area contributed by atoms with Crippen LogP contribution in [0, 0.1) is 0 Å². The minimum atomic E-state index is -0.700. The maximum atomic E-state index is 12.7. The van der Waals surface area contributed by atoms with Crippen molar-refractivity contribution < 1.29 is 28.6 Å². The zero-order chi connectivity index (χ0) is 24.9. The number of methoxy groups -OCH3 is 2. The Balaban J connectivity index is 1.68. The first-order valence-corrected chi connectivity index (χ1v) is 11.8. The monoisotopic (exact) mass is 486 g/mol. The Kier molecular flexibility index (Phi) is 8.09. The van der Waals surface area contributed by atoms with Gasteiger partial charge in [-0.15, -0.1) is 11.8 Å². The molecule has 2 amide bonds. The highest BCUT2D eigenvalue weighted by molar-refractivity contribution is 8.01. The van der Waals surface area contributed by atoms with Gasteiger partial charge in [0.15, 0.2) is 11.5 Å². The lowest BCUT2D eigenvalue weighted by Crippen LogP contribution is -2.70. The van der Waals surface area contributed by atoms with Crippen LogP contribution in [0.5, 0.6) is 11.5 Å². The fraction of sp³-hybridized carbons (Fsp3) is 0.400. The minimum Gasteiger partial charge on any atom is -0.493 e. The van der Waals surface area contributed by atoms with Crippen LogP contribution in [0.1, 0.15) is 26.3 Å². The summed E-state index contributed by atoms with van der Waals surface area (Å²) in [4.78, 5) is 39.1. The Labute approximate surface area is 204 Å². The van der Waals surface area contributed by atoms with Crippen molar-refractivity contribution in [3.63, 3.8) is 0 Å². The standard InChI is InChI=1S/C25H30N2O6S/c1-6-7-8-9-15-33-20-16(11-10-12-17(20)31-4)13-14-18(28)26-19-22(29)27-21(24(30)32-5)25(2,3)34-23(19)27/h6-14,19,21,23H,15H2,1-5H3,(H,26,28)/b7-6+,9-8-,14-13+/t19-,21+,23-/m1/s1. The molecule has 0 unspecified atom stereocenters. The molecular weight excluding hydrogens is 456 g/mol. The van der Waals surface area contributed by atoms with Gasteiger partial charge in [-0.05, 0) is 39.0 Å². The fourth-order valence-electron chi connectivity index (χ4n) is 3.96. The summed E-state index contributed by atoms with van der Waals surface area (Å²) >= 11 is 1.48. The first-order chi connectivity index (χ1) is 16.2. The Morgan fingerprint density at radius 3 is 2.68 bits per heavy atom. The second-order valence-corrected chi connectivity index (χ2v) is 10.0. The van der Waals surface area contributed by atoms with Crippen molar-refractivity contribution in [2.75, 3.05) is 20.8 Å². The summed E-state index contributed by atoms with van der Waals surface area (Å²) in [5.74, 6) is -0.105. The van der Waals surface area contributed by atoms with Gasteiger partial charge in [-0.1, -0.05) is 30.4 Å².